The van der Waals surface area contributed by atoms with Gasteiger partial charge in [0.25, 0.3) is 0 Å². The Morgan fingerprint density at radius 2 is 1.21 bits per heavy atom. The van der Waals surface area contributed by atoms with Gasteiger partial charge in [-0.1, -0.05) is 124 Å². The molecule has 0 aliphatic heterocycles. The number of hydrogen-bond acceptors (Lipinski definition) is 0. The number of rotatable bonds is 5. The summed E-state index contributed by atoms with van der Waals surface area (Å²) in [7, 11) is 0. The Morgan fingerprint density at radius 3 is 1.91 bits per heavy atom. The summed E-state index contributed by atoms with van der Waals surface area (Å²) in [5.41, 5.74) is 5.45. The van der Waals surface area contributed by atoms with Crippen LogP contribution in [0.4, 0.5) is 0 Å². The van der Waals surface area contributed by atoms with Crippen LogP contribution in [0.1, 0.15) is 37.8 Å². The van der Waals surface area contributed by atoms with Crippen molar-refractivity contribution >= 4 is 32.3 Å². The molecule has 0 aromatic heterocycles. The van der Waals surface area contributed by atoms with E-state index in [1.54, 1.807) is 0 Å². The van der Waals surface area contributed by atoms with E-state index in [4.69, 9.17) is 0 Å². The third-order valence-electron chi connectivity index (χ3n) is 7.04. The van der Waals surface area contributed by atoms with Crippen LogP contribution < -0.4 is 0 Å². The summed E-state index contributed by atoms with van der Waals surface area (Å²) in [5.74, 6) is 0.549. The van der Waals surface area contributed by atoms with Crippen molar-refractivity contribution in [1.82, 2.24) is 0 Å². The average molecular weight is 427 g/mol. The largest absolute Gasteiger partial charge is 0.0776 e. The predicted molar refractivity (Wildman–Crippen MR) is 145 cm³/mol. The quantitative estimate of drug-likeness (QED) is 0.241. The van der Waals surface area contributed by atoms with E-state index in [-0.39, 0.29) is 7.43 Å². The van der Waals surface area contributed by atoms with E-state index in [1.165, 1.54) is 54.6 Å². The van der Waals surface area contributed by atoms with Crippen molar-refractivity contribution in [3.8, 4) is 11.1 Å². The van der Waals surface area contributed by atoms with Crippen LogP contribution in [0.2, 0.25) is 0 Å². The van der Waals surface area contributed by atoms with Gasteiger partial charge in [-0.15, -0.1) is 0 Å². The Balaban J connectivity index is 0.00000228. The molecule has 0 aliphatic rings. The molecule has 162 valence electrons. The first-order chi connectivity index (χ1) is 15.8. The monoisotopic (exact) mass is 426 g/mol. The third-order valence-corrected chi connectivity index (χ3v) is 7.04. The Morgan fingerprint density at radius 1 is 0.576 bits per heavy atom. The highest BCUT2D eigenvalue weighted by Gasteiger charge is 2.14. The highest BCUT2D eigenvalue weighted by molar-refractivity contribution is 6.25. The summed E-state index contributed by atoms with van der Waals surface area (Å²) in [6.45, 7) is 2.29. The summed E-state index contributed by atoms with van der Waals surface area (Å²) in [6, 6.07) is 40.4. The van der Waals surface area contributed by atoms with Gasteiger partial charge in [0.1, 0.15) is 0 Å². The van der Waals surface area contributed by atoms with Gasteiger partial charge in [0.15, 0.2) is 0 Å². The molecule has 0 N–H and O–H groups in total. The van der Waals surface area contributed by atoms with Crippen molar-refractivity contribution in [2.75, 3.05) is 0 Å². The molecule has 6 aromatic rings. The van der Waals surface area contributed by atoms with Gasteiger partial charge in [-0.05, 0) is 73.3 Å². The zero-order chi connectivity index (χ0) is 21.5. The molecule has 0 spiro atoms. The molecule has 1 unspecified atom stereocenters. The minimum Gasteiger partial charge on any atom is -0.0776 e. The maximum atomic E-state index is 2.34. The molecule has 0 aliphatic carbocycles. The lowest BCUT2D eigenvalue weighted by molar-refractivity contribution is 0.660. The summed E-state index contributed by atoms with van der Waals surface area (Å²) >= 11 is 0. The fourth-order valence-electron chi connectivity index (χ4n) is 5.32. The third kappa shape index (κ3) is 3.66. The zero-order valence-electron chi connectivity index (χ0n) is 18.4. The lowest BCUT2D eigenvalue weighted by Gasteiger charge is -2.17. The summed E-state index contributed by atoms with van der Waals surface area (Å²) < 4.78 is 0. The van der Waals surface area contributed by atoms with E-state index in [0.29, 0.717) is 5.92 Å². The van der Waals surface area contributed by atoms with Crippen LogP contribution in [0, 0.1) is 0 Å². The van der Waals surface area contributed by atoms with Gasteiger partial charge in [-0.3, -0.25) is 0 Å². The van der Waals surface area contributed by atoms with E-state index in [2.05, 4.69) is 116 Å². The van der Waals surface area contributed by atoms with E-state index in [1.807, 2.05) is 0 Å². The maximum absolute atomic E-state index is 2.34. The van der Waals surface area contributed by atoms with E-state index >= 15 is 0 Å². The van der Waals surface area contributed by atoms with Crippen LogP contribution in [0.3, 0.4) is 0 Å². The molecule has 0 radical (unpaired) electrons. The van der Waals surface area contributed by atoms with Crippen molar-refractivity contribution < 1.29 is 0 Å². The Hall–Kier alpha value is -3.64. The normalized spacial score (nSPS) is 12.3. The molecular formula is C33H30. The second kappa shape index (κ2) is 8.71. The molecule has 0 saturated heterocycles. The van der Waals surface area contributed by atoms with Gasteiger partial charge < -0.3 is 0 Å². The van der Waals surface area contributed by atoms with Gasteiger partial charge in [0, 0.05) is 0 Å². The van der Waals surface area contributed by atoms with Crippen LogP contribution >= 0.6 is 0 Å². The molecule has 0 amide bonds. The molecular weight excluding hydrogens is 396 g/mol. The van der Waals surface area contributed by atoms with Gasteiger partial charge in [-0.2, -0.15) is 0 Å². The van der Waals surface area contributed by atoms with Crippen LogP contribution in [0.5, 0.6) is 0 Å². The minimum atomic E-state index is 0. The summed E-state index contributed by atoms with van der Waals surface area (Å²) in [5, 5.41) is 8.07. The standard InChI is InChI=1S/C32H26.CH4/c1-2-23(21-22-7-4-3-5-8-22)24-11-13-25(14-12-24)29-19-17-28-16-15-26-9-6-10-27-18-20-30(29)32(28)31(26)27;/h3-20,23H,2,21H2,1H3;1H4. The zero-order valence-corrected chi connectivity index (χ0v) is 18.4. The van der Waals surface area contributed by atoms with Crippen molar-refractivity contribution in [2.24, 2.45) is 0 Å². The Labute approximate surface area is 196 Å². The van der Waals surface area contributed by atoms with Gasteiger partial charge >= 0.3 is 0 Å². The predicted octanol–water partition coefficient (Wildman–Crippen LogP) is 9.62. The Bertz CT molecular complexity index is 1490. The summed E-state index contributed by atoms with van der Waals surface area (Å²) in [4.78, 5) is 0. The first kappa shape index (κ1) is 21.2. The van der Waals surface area contributed by atoms with Crippen molar-refractivity contribution in [3.63, 3.8) is 0 Å². The van der Waals surface area contributed by atoms with Gasteiger partial charge in [-0.25, -0.2) is 0 Å². The van der Waals surface area contributed by atoms with Crippen molar-refractivity contribution in [3.05, 3.63) is 120 Å². The molecule has 0 heterocycles. The topological polar surface area (TPSA) is 0 Å². The molecule has 0 bridgehead atoms. The van der Waals surface area contributed by atoms with E-state index in [0.717, 1.165) is 12.8 Å². The number of benzene rings is 6. The molecule has 6 aromatic carbocycles. The maximum Gasteiger partial charge on any atom is -0.00206 e. The van der Waals surface area contributed by atoms with E-state index in [9.17, 15) is 0 Å². The Kier molecular flexibility index (Phi) is 5.60. The van der Waals surface area contributed by atoms with Crippen LogP contribution in [0.25, 0.3) is 43.4 Å². The van der Waals surface area contributed by atoms with E-state index < -0.39 is 0 Å². The smallest absolute Gasteiger partial charge is 0.00206 e. The highest BCUT2D eigenvalue weighted by Crippen LogP contribution is 2.39. The first-order valence-corrected chi connectivity index (χ1v) is 11.6. The second-order valence-corrected chi connectivity index (χ2v) is 8.89. The molecule has 0 fully saturated rings. The molecule has 0 heteroatoms. The highest BCUT2D eigenvalue weighted by atomic mass is 14.2. The number of hydrogen-bond donors (Lipinski definition) is 0. The molecule has 33 heavy (non-hydrogen) atoms. The van der Waals surface area contributed by atoms with Crippen molar-refractivity contribution in [2.45, 2.75) is 33.1 Å². The lowest BCUT2D eigenvalue weighted by atomic mass is 9.87. The lowest BCUT2D eigenvalue weighted by Crippen LogP contribution is -2.01. The van der Waals surface area contributed by atoms with Crippen molar-refractivity contribution in [1.29, 1.82) is 0 Å². The van der Waals surface area contributed by atoms with Gasteiger partial charge in [0.2, 0.25) is 0 Å². The first-order valence-electron chi connectivity index (χ1n) is 11.6. The van der Waals surface area contributed by atoms with Gasteiger partial charge in [0.05, 0.1) is 0 Å². The van der Waals surface area contributed by atoms with Crippen LogP contribution in [-0.2, 0) is 6.42 Å². The fraction of sp³-hybridized carbons (Fsp3) is 0.152. The average Bonchev–Trinajstić information content (AvgIpc) is 2.86. The molecule has 1 atom stereocenters. The molecule has 6 rings (SSSR count). The second-order valence-electron chi connectivity index (χ2n) is 8.89. The summed E-state index contributed by atoms with van der Waals surface area (Å²) in [6.07, 6.45) is 2.24. The fourth-order valence-corrected chi connectivity index (χ4v) is 5.32. The molecule has 0 saturated carbocycles. The van der Waals surface area contributed by atoms with Crippen LogP contribution in [-0.4, -0.2) is 0 Å². The van der Waals surface area contributed by atoms with Crippen LogP contribution in [0.15, 0.2) is 109 Å². The molecule has 0 nitrogen and oxygen atoms in total. The SMILES string of the molecule is C.CCC(Cc1ccccc1)c1ccc(-c2ccc3ccc4cccc5ccc2c3c45)cc1. The minimum absolute atomic E-state index is 0.